The van der Waals surface area contributed by atoms with Gasteiger partial charge in [0.1, 0.15) is 30.3 Å². The number of hydrogen-bond donors (Lipinski definition) is 0. The highest BCUT2D eigenvalue weighted by molar-refractivity contribution is 6.50. The fourth-order valence-electron chi connectivity index (χ4n) is 10.8. The molecule has 4 aliphatic rings. The number of fused-ring (bicyclic) bond motifs is 4. The van der Waals surface area contributed by atoms with Crippen molar-refractivity contribution in [2.45, 2.75) is 97.8 Å². The molecule has 4 heterocycles. The summed E-state index contributed by atoms with van der Waals surface area (Å²) in [4.78, 5) is 2.49. The van der Waals surface area contributed by atoms with Gasteiger partial charge in [0.05, 0.1) is 22.2 Å². The number of hydrogen-bond acceptors (Lipinski definition) is 3. The molecule has 0 saturated carbocycles. The number of rotatable bonds is 12. The van der Waals surface area contributed by atoms with Gasteiger partial charge in [0.2, 0.25) is 11.4 Å². The highest BCUT2D eigenvalue weighted by Gasteiger charge is 2.36. The van der Waals surface area contributed by atoms with Crippen molar-refractivity contribution in [1.82, 2.24) is 4.57 Å². The zero-order valence-corrected chi connectivity index (χ0v) is 38.7. The van der Waals surface area contributed by atoms with Crippen molar-refractivity contribution in [3.05, 3.63) is 166 Å². The first-order valence-electron chi connectivity index (χ1n) is 24.0. The van der Waals surface area contributed by atoms with E-state index in [1.54, 1.807) is 0 Å². The van der Waals surface area contributed by atoms with Crippen LogP contribution in [0.5, 0.6) is 11.5 Å². The second-order valence-corrected chi connectivity index (χ2v) is 18.3. The van der Waals surface area contributed by atoms with Gasteiger partial charge in [-0.2, -0.15) is 4.58 Å². The molecule has 0 spiro atoms. The number of halogens is 4. The second-order valence-electron chi connectivity index (χ2n) is 18.3. The standard InChI is InChI=1S/C57H56N3O2.BF4/c1-5-7-31-58-49(45-21-15-23-47-53(45)51(58)35-41-33-37(3)61-56(41)47)29-27-39-25-26-40(55(39)60(43-17-11-9-12-18-43)44-19-13-10-14-20-44)28-30-50-46-22-16-24-48-54(46)52(59(50)32-8-6-2)36-42-34-38(4)62-57(42)48;2-1(3,4)5/h9-24,27-30,35-38H,5-8,25-26,31-34H2,1-4H3;/q+1;-1. The van der Waals surface area contributed by atoms with E-state index in [2.05, 4.69) is 175 Å². The topological polar surface area (TPSA) is 29.6 Å². The summed E-state index contributed by atoms with van der Waals surface area (Å²) in [7, 11) is -6.00. The quantitative estimate of drug-likeness (QED) is 0.0695. The number of aromatic nitrogens is 1. The summed E-state index contributed by atoms with van der Waals surface area (Å²) in [6.45, 7) is 10.9. The summed E-state index contributed by atoms with van der Waals surface area (Å²) in [5.74, 6) is 2.15. The van der Waals surface area contributed by atoms with Crippen LogP contribution in [0.3, 0.4) is 0 Å². The molecule has 2 unspecified atom stereocenters. The summed E-state index contributed by atoms with van der Waals surface area (Å²) in [5, 5.41) is 7.71. The molecular formula is C57H56BF4N3O2. The molecule has 6 aromatic carbocycles. The highest BCUT2D eigenvalue weighted by Crippen LogP contribution is 2.47. The van der Waals surface area contributed by atoms with Gasteiger partial charge in [0.15, 0.2) is 0 Å². The third-order valence-corrected chi connectivity index (χ3v) is 13.6. The van der Waals surface area contributed by atoms with Crippen LogP contribution in [-0.4, -0.2) is 40.9 Å². The highest BCUT2D eigenvalue weighted by atomic mass is 19.5. The van der Waals surface area contributed by atoms with Gasteiger partial charge in [0, 0.05) is 87.3 Å². The third-order valence-electron chi connectivity index (χ3n) is 13.6. The van der Waals surface area contributed by atoms with Gasteiger partial charge in [-0.05, 0) is 86.7 Å². The van der Waals surface area contributed by atoms with E-state index in [1.807, 2.05) is 0 Å². The lowest BCUT2D eigenvalue weighted by Gasteiger charge is -2.28. The van der Waals surface area contributed by atoms with Crippen LogP contribution in [0.4, 0.5) is 34.3 Å². The van der Waals surface area contributed by atoms with Crippen LogP contribution in [-0.2, 0) is 19.4 Å². The Morgan fingerprint density at radius 2 is 1.28 bits per heavy atom. The predicted molar refractivity (Wildman–Crippen MR) is 268 cm³/mol. The average Bonchev–Trinajstić information content (AvgIpc) is 4.13. The number of nitrogens with zero attached hydrogens (tertiary/aromatic N) is 3. The van der Waals surface area contributed by atoms with Gasteiger partial charge in [-0.25, -0.2) is 0 Å². The van der Waals surface area contributed by atoms with Crippen LogP contribution in [0.15, 0.2) is 144 Å². The molecule has 1 aliphatic carbocycles. The molecule has 3 aliphatic heterocycles. The van der Waals surface area contributed by atoms with Crippen LogP contribution < -0.4 is 19.7 Å². The van der Waals surface area contributed by atoms with E-state index < -0.39 is 7.25 Å². The molecule has 1 aromatic heterocycles. The largest absolute Gasteiger partial charge is 0.673 e. The molecule has 342 valence electrons. The molecule has 5 nitrogen and oxygen atoms in total. The molecule has 10 heteroatoms. The van der Waals surface area contributed by atoms with Crippen LogP contribution >= 0.6 is 0 Å². The van der Waals surface area contributed by atoms with Crippen molar-refractivity contribution in [1.29, 1.82) is 0 Å². The number of para-hydroxylation sites is 2. The summed E-state index contributed by atoms with van der Waals surface area (Å²) < 4.78 is 57.1. The third kappa shape index (κ3) is 8.44. The monoisotopic (exact) mass is 901 g/mol. The molecule has 0 N–H and O–H groups in total. The minimum Gasteiger partial charge on any atom is -0.489 e. The van der Waals surface area contributed by atoms with Crippen molar-refractivity contribution in [2.75, 3.05) is 11.4 Å². The maximum atomic E-state index is 9.75. The van der Waals surface area contributed by atoms with Crippen LogP contribution in [0.25, 0.3) is 38.5 Å². The summed E-state index contributed by atoms with van der Waals surface area (Å²) in [6.07, 6.45) is 18.5. The molecule has 0 radical (unpaired) electrons. The lowest BCUT2D eigenvalue weighted by molar-refractivity contribution is -0.436. The van der Waals surface area contributed by atoms with Crippen LogP contribution in [0.2, 0.25) is 0 Å². The fourth-order valence-corrected chi connectivity index (χ4v) is 10.8. The van der Waals surface area contributed by atoms with Crippen molar-refractivity contribution in [3.8, 4) is 11.5 Å². The molecule has 7 aromatic rings. The maximum absolute atomic E-state index is 9.75. The van der Waals surface area contributed by atoms with Crippen molar-refractivity contribution in [3.63, 3.8) is 0 Å². The van der Waals surface area contributed by atoms with Gasteiger partial charge in [0.25, 0.3) is 0 Å². The van der Waals surface area contributed by atoms with E-state index in [1.165, 1.54) is 82.7 Å². The Hall–Kier alpha value is -6.55. The SMILES string of the molecule is CCCCn1/c(=C/C=C2\CCC(/C=C/C3=[N+](CCCC)c4cc5c(c6cccc3c46)OC(C)C5)=C2N(c2ccccc2)c2ccccc2)c2cccc3c4c(cc1c32)CC(C)O4.F[B-](F)(F)F. The molecule has 0 bridgehead atoms. The van der Waals surface area contributed by atoms with Crippen molar-refractivity contribution < 1.29 is 31.3 Å². The second kappa shape index (κ2) is 18.3. The summed E-state index contributed by atoms with van der Waals surface area (Å²) >= 11 is 0. The normalized spacial score (nSPS) is 18.4. The van der Waals surface area contributed by atoms with E-state index in [-0.39, 0.29) is 12.2 Å². The average molecular weight is 902 g/mol. The number of benzene rings is 6. The molecular weight excluding hydrogens is 845 g/mol. The molecule has 0 amide bonds. The first-order valence-corrected chi connectivity index (χ1v) is 24.0. The van der Waals surface area contributed by atoms with Crippen molar-refractivity contribution in [2.24, 2.45) is 0 Å². The number of aryl methyl sites for hydroxylation is 1. The number of ether oxygens (including phenoxy) is 2. The minimum absolute atomic E-state index is 0.207. The Morgan fingerprint density at radius 1 is 0.687 bits per heavy atom. The Labute approximate surface area is 390 Å². The van der Waals surface area contributed by atoms with Gasteiger partial charge in [-0.15, -0.1) is 0 Å². The lowest BCUT2D eigenvalue weighted by Crippen LogP contribution is -2.18. The summed E-state index contributed by atoms with van der Waals surface area (Å²) in [5.41, 5.74) is 14.2. The van der Waals surface area contributed by atoms with E-state index in [0.29, 0.717) is 0 Å². The Balaban J connectivity index is 0.000000999. The number of anilines is 2. The van der Waals surface area contributed by atoms with Gasteiger partial charge < -0.3 is 36.2 Å². The fraction of sp³-hybridized carbons (Fsp3) is 0.281. The summed E-state index contributed by atoms with van der Waals surface area (Å²) in [6, 6.07) is 40.3. The Kier molecular flexibility index (Phi) is 12.1. The first kappa shape index (κ1) is 44.3. The Morgan fingerprint density at radius 3 is 1.93 bits per heavy atom. The van der Waals surface area contributed by atoms with E-state index in [4.69, 9.17) is 9.47 Å². The van der Waals surface area contributed by atoms with E-state index >= 15 is 0 Å². The van der Waals surface area contributed by atoms with E-state index in [9.17, 15) is 17.3 Å². The van der Waals surface area contributed by atoms with Gasteiger partial charge in [-0.3, -0.25) is 0 Å². The van der Waals surface area contributed by atoms with Gasteiger partial charge in [-0.1, -0.05) is 106 Å². The van der Waals surface area contributed by atoms with Gasteiger partial charge >= 0.3 is 7.25 Å². The molecule has 67 heavy (non-hydrogen) atoms. The number of allylic oxidation sites excluding steroid dienone is 5. The number of unbranched alkanes of at least 4 members (excludes halogenated alkanes) is 2. The minimum atomic E-state index is -6.00. The zero-order valence-electron chi connectivity index (χ0n) is 38.7. The smallest absolute Gasteiger partial charge is 0.489 e. The van der Waals surface area contributed by atoms with Crippen molar-refractivity contribution >= 4 is 68.6 Å². The molecule has 0 saturated heterocycles. The van der Waals surface area contributed by atoms with E-state index in [0.717, 1.165) is 87.3 Å². The first-order chi connectivity index (χ1) is 32.5. The lowest BCUT2D eigenvalue weighted by atomic mass is 9.98. The molecule has 2 atom stereocenters. The molecule has 0 fully saturated rings. The van der Waals surface area contributed by atoms with Crippen LogP contribution in [0, 0.1) is 0 Å². The Bertz CT molecular complexity index is 3160. The maximum Gasteiger partial charge on any atom is 0.673 e. The van der Waals surface area contributed by atoms with Crippen LogP contribution in [0.1, 0.15) is 82.9 Å². The zero-order chi connectivity index (χ0) is 46.4. The predicted octanol–water partition coefficient (Wildman–Crippen LogP) is 14.5. The molecule has 11 rings (SSSR count).